The number of benzene rings is 3. The van der Waals surface area contributed by atoms with E-state index in [1.807, 2.05) is 70.5 Å². The normalized spacial score (nSPS) is 20.0. The molecule has 12 nitrogen and oxygen atoms in total. The standard InChI is InChI=1S/C41H46F3N5O7/c1-54-27-40(53)20-9-8-14-34(40)49-28-46-35(36(49)30-12-6-3-7-13-30)38(51)48-22-21-47(39(52)56-25-29-10-4-2-5-11-29)24-32(48)19-23-55-33-17-15-31(16-18-33)37(50)45-26-41(42,43)44/h2-7,10-13,15-18,28,32,34,53H,8-9,14,19-27H2,1H3,(H,45,50)/t32-,34-,40-/m1/s1. The molecule has 1 saturated heterocycles. The first-order valence-electron chi connectivity index (χ1n) is 18.6. The minimum absolute atomic E-state index is 0.0397. The van der Waals surface area contributed by atoms with Crippen molar-refractivity contribution in [3.63, 3.8) is 0 Å². The Hall–Kier alpha value is -5.41. The number of nitrogens with zero attached hydrogens (tertiary/aromatic N) is 4. The Labute approximate surface area is 323 Å². The number of carbonyl (C=O) groups excluding carboxylic acids is 3. The molecule has 1 aliphatic carbocycles. The summed E-state index contributed by atoms with van der Waals surface area (Å²) >= 11 is 0. The van der Waals surface area contributed by atoms with Crippen LogP contribution in [-0.2, 0) is 16.1 Å². The Morgan fingerprint density at radius 3 is 2.38 bits per heavy atom. The number of halogens is 3. The number of aliphatic hydroxyl groups is 1. The van der Waals surface area contributed by atoms with Crippen LogP contribution in [-0.4, -0.2) is 107 Å². The fraction of sp³-hybridized carbons (Fsp3) is 0.415. The summed E-state index contributed by atoms with van der Waals surface area (Å²) < 4.78 is 56.7. The van der Waals surface area contributed by atoms with Crippen molar-refractivity contribution < 1.29 is 46.9 Å². The van der Waals surface area contributed by atoms with Gasteiger partial charge in [-0.05, 0) is 42.7 Å². The van der Waals surface area contributed by atoms with E-state index >= 15 is 0 Å². The number of amides is 3. The van der Waals surface area contributed by atoms with E-state index in [-0.39, 0.29) is 62.7 Å². The minimum atomic E-state index is -4.53. The van der Waals surface area contributed by atoms with Crippen molar-refractivity contribution in [1.29, 1.82) is 0 Å². The average molecular weight is 778 g/mol. The van der Waals surface area contributed by atoms with Crippen molar-refractivity contribution in [2.24, 2.45) is 0 Å². The van der Waals surface area contributed by atoms with Crippen LogP contribution in [0.3, 0.4) is 0 Å². The second-order valence-electron chi connectivity index (χ2n) is 14.1. The molecule has 0 radical (unpaired) electrons. The number of nitrogens with one attached hydrogen (secondary N) is 1. The lowest BCUT2D eigenvalue weighted by molar-refractivity contribution is -0.123. The zero-order valence-corrected chi connectivity index (χ0v) is 31.1. The summed E-state index contributed by atoms with van der Waals surface area (Å²) in [7, 11) is 1.56. The average Bonchev–Trinajstić information content (AvgIpc) is 3.64. The summed E-state index contributed by atoms with van der Waals surface area (Å²) in [6.45, 7) is -0.570. The van der Waals surface area contributed by atoms with E-state index in [2.05, 4.69) is 4.98 Å². The van der Waals surface area contributed by atoms with E-state index in [0.29, 0.717) is 30.7 Å². The summed E-state index contributed by atoms with van der Waals surface area (Å²) in [5, 5.41) is 13.6. The van der Waals surface area contributed by atoms with E-state index in [1.54, 1.807) is 23.2 Å². The van der Waals surface area contributed by atoms with Crippen LogP contribution in [0.5, 0.6) is 5.75 Å². The molecule has 0 unspecified atom stereocenters. The molecule has 1 saturated carbocycles. The molecule has 1 aliphatic heterocycles. The van der Waals surface area contributed by atoms with E-state index in [9.17, 15) is 32.7 Å². The summed E-state index contributed by atoms with van der Waals surface area (Å²) in [6.07, 6.45) is -0.184. The molecular weight excluding hydrogens is 731 g/mol. The Bertz CT molecular complexity index is 1920. The van der Waals surface area contributed by atoms with Gasteiger partial charge in [0, 0.05) is 44.3 Å². The second kappa shape index (κ2) is 18.0. The lowest BCUT2D eigenvalue weighted by Crippen LogP contribution is -2.57. The maximum Gasteiger partial charge on any atom is 0.410 e. The van der Waals surface area contributed by atoms with Gasteiger partial charge in [0.15, 0.2) is 5.69 Å². The van der Waals surface area contributed by atoms with Gasteiger partial charge in [-0.25, -0.2) is 9.78 Å². The van der Waals surface area contributed by atoms with Gasteiger partial charge in [-0.1, -0.05) is 73.5 Å². The molecule has 1 aromatic heterocycles. The first kappa shape index (κ1) is 40.3. The van der Waals surface area contributed by atoms with Gasteiger partial charge in [-0.3, -0.25) is 9.59 Å². The van der Waals surface area contributed by atoms with Crippen LogP contribution in [0, 0.1) is 0 Å². The number of aromatic nitrogens is 2. The molecule has 2 fully saturated rings. The van der Waals surface area contributed by atoms with Crippen LogP contribution in [0.1, 0.15) is 64.6 Å². The highest BCUT2D eigenvalue weighted by Gasteiger charge is 2.43. The number of piperazine rings is 1. The Balaban J connectivity index is 1.23. The van der Waals surface area contributed by atoms with Crippen molar-refractivity contribution in [3.8, 4) is 17.0 Å². The second-order valence-corrected chi connectivity index (χ2v) is 14.1. The molecular formula is C41H46F3N5O7. The smallest absolute Gasteiger partial charge is 0.410 e. The highest BCUT2D eigenvalue weighted by molar-refractivity contribution is 5.98. The molecule has 298 valence electrons. The largest absolute Gasteiger partial charge is 0.494 e. The molecule has 0 bridgehead atoms. The molecule has 56 heavy (non-hydrogen) atoms. The number of imidazole rings is 1. The Morgan fingerprint density at radius 2 is 1.68 bits per heavy atom. The lowest BCUT2D eigenvalue weighted by Gasteiger charge is -2.41. The highest BCUT2D eigenvalue weighted by atomic mass is 19.4. The molecule has 6 rings (SSSR count). The van der Waals surface area contributed by atoms with E-state index in [1.165, 1.54) is 24.3 Å². The minimum Gasteiger partial charge on any atom is -0.494 e. The molecule has 2 N–H and O–H groups in total. The van der Waals surface area contributed by atoms with Crippen LogP contribution in [0.15, 0.2) is 91.3 Å². The van der Waals surface area contributed by atoms with Gasteiger partial charge in [0.2, 0.25) is 0 Å². The number of alkyl halides is 3. The Kier molecular flexibility index (Phi) is 13.0. The van der Waals surface area contributed by atoms with Crippen LogP contribution in [0.2, 0.25) is 0 Å². The van der Waals surface area contributed by atoms with Crippen molar-refractivity contribution in [1.82, 2.24) is 24.7 Å². The van der Waals surface area contributed by atoms with Gasteiger partial charge in [-0.2, -0.15) is 13.2 Å². The van der Waals surface area contributed by atoms with Gasteiger partial charge in [0.1, 0.15) is 24.5 Å². The van der Waals surface area contributed by atoms with E-state index < -0.39 is 36.4 Å². The fourth-order valence-electron chi connectivity index (χ4n) is 7.44. The number of rotatable bonds is 13. The first-order valence-corrected chi connectivity index (χ1v) is 18.6. The molecule has 3 aromatic carbocycles. The van der Waals surface area contributed by atoms with Crippen molar-refractivity contribution >= 4 is 17.9 Å². The predicted octanol–water partition coefficient (Wildman–Crippen LogP) is 6.27. The topological polar surface area (TPSA) is 135 Å². The first-order chi connectivity index (χ1) is 27.0. The van der Waals surface area contributed by atoms with Crippen LogP contribution >= 0.6 is 0 Å². The third-order valence-electron chi connectivity index (χ3n) is 10.2. The van der Waals surface area contributed by atoms with Crippen molar-refractivity contribution in [3.05, 3.63) is 108 Å². The molecule has 0 spiro atoms. The SMILES string of the molecule is COC[C@]1(O)CCCC[C@H]1n1cnc(C(=O)N2CCN(C(=O)OCc3ccccc3)C[C@H]2CCOc2ccc(C(=O)NCC(F)(F)F)cc2)c1-c1ccccc1. The summed E-state index contributed by atoms with van der Waals surface area (Å²) in [5.74, 6) is -0.842. The molecule has 2 aliphatic rings. The molecule has 2 heterocycles. The molecule has 3 amide bonds. The number of carbonyl (C=O) groups is 3. The third kappa shape index (κ3) is 9.87. The Morgan fingerprint density at radius 1 is 0.964 bits per heavy atom. The number of hydrogen-bond donors (Lipinski definition) is 2. The van der Waals surface area contributed by atoms with Gasteiger partial charge < -0.3 is 39.0 Å². The van der Waals surface area contributed by atoms with Gasteiger partial charge in [-0.15, -0.1) is 0 Å². The summed E-state index contributed by atoms with van der Waals surface area (Å²) in [6, 6.07) is 23.5. The molecule has 15 heteroatoms. The lowest BCUT2D eigenvalue weighted by atomic mass is 9.80. The summed E-state index contributed by atoms with van der Waals surface area (Å²) in [5.41, 5.74) is 1.27. The number of hydrogen-bond acceptors (Lipinski definition) is 8. The van der Waals surface area contributed by atoms with Crippen molar-refractivity contribution in [2.75, 3.05) is 46.5 Å². The van der Waals surface area contributed by atoms with Gasteiger partial charge in [0.25, 0.3) is 11.8 Å². The van der Waals surface area contributed by atoms with Crippen LogP contribution in [0.25, 0.3) is 11.3 Å². The zero-order chi connectivity index (χ0) is 39.7. The maximum absolute atomic E-state index is 14.7. The maximum atomic E-state index is 14.7. The van der Waals surface area contributed by atoms with Gasteiger partial charge in [0.05, 0.1) is 37.3 Å². The van der Waals surface area contributed by atoms with E-state index in [0.717, 1.165) is 24.0 Å². The predicted molar refractivity (Wildman–Crippen MR) is 200 cm³/mol. The third-order valence-corrected chi connectivity index (χ3v) is 10.2. The van der Waals surface area contributed by atoms with Crippen molar-refractivity contribution in [2.45, 2.75) is 62.6 Å². The number of ether oxygens (including phenoxy) is 3. The monoisotopic (exact) mass is 777 g/mol. The quantitative estimate of drug-likeness (QED) is 0.162. The van der Waals surface area contributed by atoms with Crippen LogP contribution in [0.4, 0.5) is 18.0 Å². The zero-order valence-electron chi connectivity index (χ0n) is 31.1. The van der Waals surface area contributed by atoms with Gasteiger partial charge >= 0.3 is 12.3 Å². The summed E-state index contributed by atoms with van der Waals surface area (Å²) in [4.78, 5) is 48.1. The molecule has 4 aromatic rings. The highest BCUT2D eigenvalue weighted by Crippen LogP contribution is 2.41. The van der Waals surface area contributed by atoms with Crippen LogP contribution < -0.4 is 10.1 Å². The van der Waals surface area contributed by atoms with E-state index in [4.69, 9.17) is 14.2 Å². The number of methoxy groups -OCH3 is 1. The fourth-order valence-corrected chi connectivity index (χ4v) is 7.44. The molecule has 3 atom stereocenters.